The van der Waals surface area contributed by atoms with Crippen LogP contribution in [0.25, 0.3) is 0 Å². The molecule has 0 radical (unpaired) electrons. The Morgan fingerprint density at radius 3 is 2.71 bits per heavy atom. The Hall–Kier alpha value is -1.31. The lowest BCUT2D eigenvalue weighted by atomic mass is 10.4. The summed E-state index contributed by atoms with van der Waals surface area (Å²) in [7, 11) is 0. The van der Waals surface area contributed by atoms with Gasteiger partial charge in [0.15, 0.2) is 5.13 Å². The van der Waals surface area contributed by atoms with Gasteiger partial charge in [-0.2, -0.15) is 13.2 Å². The fraction of sp³-hybridized carbons (Fsp3) is 0.333. The molecule has 0 saturated heterocycles. The maximum atomic E-state index is 11.7. The number of thiazole rings is 1. The van der Waals surface area contributed by atoms with Gasteiger partial charge in [0, 0.05) is 5.38 Å². The molecule has 0 aliphatic rings. The number of anilines is 1. The monoisotopic (exact) mass is 225 g/mol. The van der Waals surface area contributed by atoms with Crippen molar-refractivity contribution in [3.8, 4) is 0 Å². The van der Waals surface area contributed by atoms with E-state index in [1.54, 1.807) is 5.32 Å². The SMILES string of the molecule is Nc1nc(C(=O)NCC(F)(F)F)cs1. The average Bonchev–Trinajstić information content (AvgIpc) is 2.46. The Bertz CT molecular complexity index is 335. The second-order valence-corrected chi connectivity index (χ2v) is 3.26. The van der Waals surface area contributed by atoms with Crippen LogP contribution in [0.5, 0.6) is 0 Å². The molecule has 0 bridgehead atoms. The minimum Gasteiger partial charge on any atom is -0.375 e. The number of carbonyl (C=O) groups excluding carboxylic acids is 1. The molecule has 0 aliphatic heterocycles. The van der Waals surface area contributed by atoms with Crippen molar-refractivity contribution in [3.63, 3.8) is 0 Å². The van der Waals surface area contributed by atoms with Crippen LogP contribution in [0.15, 0.2) is 5.38 Å². The quantitative estimate of drug-likeness (QED) is 0.789. The van der Waals surface area contributed by atoms with Crippen LogP contribution < -0.4 is 11.1 Å². The van der Waals surface area contributed by atoms with Crippen LogP contribution >= 0.6 is 11.3 Å². The first-order valence-electron chi connectivity index (χ1n) is 3.44. The summed E-state index contributed by atoms with van der Waals surface area (Å²) in [5.41, 5.74) is 5.10. The molecule has 0 atom stereocenters. The molecule has 0 spiro atoms. The highest BCUT2D eigenvalue weighted by atomic mass is 32.1. The molecule has 4 nitrogen and oxygen atoms in total. The number of hydrogen-bond acceptors (Lipinski definition) is 4. The predicted octanol–water partition coefficient (Wildman–Crippen LogP) is 1.02. The van der Waals surface area contributed by atoms with Gasteiger partial charge in [-0.3, -0.25) is 4.79 Å². The summed E-state index contributed by atoms with van der Waals surface area (Å²) in [6.45, 7) is -1.37. The van der Waals surface area contributed by atoms with E-state index >= 15 is 0 Å². The van der Waals surface area contributed by atoms with Gasteiger partial charge in [0.1, 0.15) is 12.2 Å². The lowest BCUT2D eigenvalue weighted by molar-refractivity contribution is -0.123. The van der Waals surface area contributed by atoms with Crippen LogP contribution in [0.4, 0.5) is 18.3 Å². The Morgan fingerprint density at radius 2 is 2.29 bits per heavy atom. The molecule has 0 fully saturated rings. The predicted molar refractivity (Wildman–Crippen MR) is 44.9 cm³/mol. The summed E-state index contributed by atoms with van der Waals surface area (Å²) in [6, 6.07) is 0. The topological polar surface area (TPSA) is 68.0 Å². The largest absolute Gasteiger partial charge is 0.405 e. The Labute approximate surface area is 80.9 Å². The first-order chi connectivity index (χ1) is 6.38. The summed E-state index contributed by atoms with van der Waals surface area (Å²) >= 11 is 0.991. The van der Waals surface area contributed by atoms with Crippen molar-refractivity contribution < 1.29 is 18.0 Å². The van der Waals surface area contributed by atoms with E-state index in [9.17, 15) is 18.0 Å². The number of nitrogens with one attached hydrogen (secondary N) is 1. The molecular weight excluding hydrogens is 219 g/mol. The zero-order valence-electron chi connectivity index (χ0n) is 6.76. The normalized spacial score (nSPS) is 11.4. The van der Waals surface area contributed by atoms with Gasteiger partial charge in [-0.1, -0.05) is 0 Å². The highest BCUT2D eigenvalue weighted by molar-refractivity contribution is 7.13. The lowest BCUT2D eigenvalue weighted by Crippen LogP contribution is -2.33. The van der Waals surface area contributed by atoms with E-state index in [1.165, 1.54) is 5.38 Å². The smallest absolute Gasteiger partial charge is 0.375 e. The summed E-state index contributed by atoms with van der Waals surface area (Å²) in [4.78, 5) is 14.5. The van der Waals surface area contributed by atoms with Crippen molar-refractivity contribution in [1.29, 1.82) is 0 Å². The van der Waals surface area contributed by atoms with E-state index in [1.807, 2.05) is 0 Å². The number of nitrogens with zero attached hydrogens (tertiary/aromatic N) is 1. The maximum absolute atomic E-state index is 11.7. The van der Waals surface area contributed by atoms with Gasteiger partial charge < -0.3 is 11.1 Å². The molecule has 0 unspecified atom stereocenters. The number of aromatic nitrogens is 1. The van der Waals surface area contributed by atoms with Crippen LogP contribution in [-0.2, 0) is 0 Å². The molecular formula is C6H6F3N3OS. The second-order valence-electron chi connectivity index (χ2n) is 2.37. The maximum Gasteiger partial charge on any atom is 0.405 e. The van der Waals surface area contributed by atoms with Gasteiger partial charge in [-0.05, 0) is 0 Å². The molecule has 0 aromatic carbocycles. The van der Waals surface area contributed by atoms with E-state index in [-0.39, 0.29) is 10.8 Å². The van der Waals surface area contributed by atoms with Crippen LogP contribution in [0.2, 0.25) is 0 Å². The van der Waals surface area contributed by atoms with Crippen molar-refractivity contribution >= 4 is 22.4 Å². The van der Waals surface area contributed by atoms with Gasteiger partial charge in [-0.15, -0.1) is 11.3 Å². The van der Waals surface area contributed by atoms with Crippen molar-refractivity contribution in [1.82, 2.24) is 10.3 Å². The zero-order valence-corrected chi connectivity index (χ0v) is 7.58. The van der Waals surface area contributed by atoms with Gasteiger partial charge in [0.05, 0.1) is 0 Å². The van der Waals surface area contributed by atoms with Crippen molar-refractivity contribution in [3.05, 3.63) is 11.1 Å². The molecule has 0 saturated carbocycles. The number of halogens is 3. The molecule has 1 aromatic heterocycles. The molecule has 1 amide bonds. The van der Waals surface area contributed by atoms with Gasteiger partial charge in [-0.25, -0.2) is 4.98 Å². The molecule has 1 heterocycles. The van der Waals surface area contributed by atoms with Crippen LogP contribution in [-0.4, -0.2) is 23.6 Å². The molecule has 0 aliphatic carbocycles. The standard InChI is InChI=1S/C6H6F3N3OS/c7-6(8,9)2-11-4(13)3-1-14-5(10)12-3/h1H,2H2,(H2,10,12)(H,11,13). The van der Waals surface area contributed by atoms with E-state index in [2.05, 4.69) is 4.98 Å². The van der Waals surface area contributed by atoms with Crippen LogP contribution in [0, 0.1) is 0 Å². The lowest BCUT2D eigenvalue weighted by Gasteiger charge is -2.06. The highest BCUT2D eigenvalue weighted by Crippen LogP contribution is 2.14. The Morgan fingerprint density at radius 1 is 1.64 bits per heavy atom. The zero-order chi connectivity index (χ0) is 10.8. The van der Waals surface area contributed by atoms with Gasteiger partial charge in [0.25, 0.3) is 5.91 Å². The van der Waals surface area contributed by atoms with Crippen molar-refractivity contribution in [2.24, 2.45) is 0 Å². The number of hydrogen-bond donors (Lipinski definition) is 2. The molecule has 1 rings (SSSR count). The van der Waals surface area contributed by atoms with Crippen molar-refractivity contribution in [2.45, 2.75) is 6.18 Å². The van der Waals surface area contributed by atoms with Crippen molar-refractivity contribution in [2.75, 3.05) is 12.3 Å². The highest BCUT2D eigenvalue weighted by Gasteiger charge is 2.28. The second kappa shape index (κ2) is 3.82. The Kier molecular flexibility index (Phi) is 2.94. The number of amides is 1. The third kappa shape index (κ3) is 3.21. The summed E-state index contributed by atoms with van der Waals surface area (Å²) in [5.74, 6) is -0.879. The third-order valence-corrected chi connectivity index (χ3v) is 1.88. The fourth-order valence-corrected chi connectivity index (χ4v) is 1.21. The van der Waals surface area contributed by atoms with Crippen LogP contribution in [0.3, 0.4) is 0 Å². The number of nitrogens with two attached hydrogens (primary N) is 1. The number of rotatable bonds is 2. The summed E-state index contributed by atoms with van der Waals surface area (Å²) in [6.07, 6.45) is -4.42. The molecule has 8 heteroatoms. The van der Waals surface area contributed by atoms with E-state index in [0.717, 1.165) is 11.3 Å². The molecule has 3 N–H and O–H groups in total. The minimum atomic E-state index is -4.42. The Balaban J connectivity index is 2.52. The minimum absolute atomic E-state index is 0.100. The molecule has 1 aromatic rings. The summed E-state index contributed by atoms with van der Waals surface area (Å²) in [5, 5.41) is 3.11. The van der Waals surface area contributed by atoms with Gasteiger partial charge >= 0.3 is 6.18 Å². The average molecular weight is 225 g/mol. The first kappa shape index (κ1) is 10.8. The van der Waals surface area contributed by atoms with Crippen LogP contribution in [0.1, 0.15) is 10.5 Å². The summed E-state index contributed by atoms with van der Waals surface area (Å²) < 4.78 is 35.0. The third-order valence-electron chi connectivity index (χ3n) is 1.20. The number of nitrogen functional groups attached to an aromatic ring is 1. The van der Waals surface area contributed by atoms with E-state index in [4.69, 9.17) is 5.73 Å². The number of alkyl halides is 3. The van der Waals surface area contributed by atoms with E-state index < -0.39 is 18.6 Å². The fourth-order valence-electron chi connectivity index (χ4n) is 0.663. The number of carbonyl (C=O) groups is 1. The van der Waals surface area contributed by atoms with Gasteiger partial charge in [0.2, 0.25) is 0 Å². The molecule has 14 heavy (non-hydrogen) atoms. The van der Waals surface area contributed by atoms with E-state index in [0.29, 0.717) is 0 Å². The first-order valence-corrected chi connectivity index (χ1v) is 4.32. The molecule has 78 valence electrons.